The van der Waals surface area contributed by atoms with E-state index in [9.17, 15) is 4.79 Å². The first-order valence-corrected chi connectivity index (χ1v) is 7.01. The zero-order chi connectivity index (χ0) is 12.8. The molecule has 0 aliphatic rings. The smallest absolute Gasteiger partial charge is 0.291 e. The lowest BCUT2D eigenvalue weighted by molar-refractivity contribution is 0.0730. The summed E-state index contributed by atoms with van der Waals surface area (Å²) in [6.45, 7) is 7.12. The number of halogens is 1. The van der Waals surface area contributed by atoms with E-state index >= 15 is 0 Å². The van der Waals surface area contributed by atoms with Gasteiger partial charge in [-0.2, -0.15) is 0 Å². The Morgan fingerprint density at radius 2 is 2.12 bits per heavy atom. The largest absolute Gasteiger partial charge is 0.436 e. The lowest BCUT2D eigenvalue weighted by Crippen LogP contribution is -2.33. The molecule has 0 atom stereocenters. The maximum Gasteiger partial charge on any atom is 0.291 e. The van der Waals surface area contributed by atoms with Gasteiger partial charge in [0.15, 0.2) is 5.89 Å². The molecule has 96 valence electrons. The lowest BCUT2D eigenvalue weighted by atomic mass is 10.2. The standard InChI is InChI=1S/C12H19BrN2O2/c1-4-5-7-15(8-6-13)12(16)11-9(2)14-10(3)17-11/h4-8H2,1-3H3. The second kappa shape index (κ2) is 6.79. The molecule has 0 aliphatic carbocycles. The van der Waals surface area contributed by atoms with E-state index in [0.717, 1.165) is 24.7 Å². The second-order valence-corrected chi connectivity index (χ2v) is 4.78. The molecule has 0 bridgehead atoms. The van der Waals surface area contributed by atoms with Crippen LogP contribution in [0.1, 0.15) is 41.9 Å². The Labute approximate surface area is 111 Å². The van der Waals surface area contributed by atoms with Gasteiger partial charge in [0.2, 0.25) is 5.76 Å². The van der Waals surface area contributed by atoms with Crippen molar-refractivity contribution in [1.82, 2.24) is 9.88 Å². The summed E-state index contributed by atoms with van der Waals surface area (Å²) in [5, 5.41) is 0.772. The first-order chi connectivity index (χ1) is 8.10. The monoisotopic (exact) mass is 302 g/mol. The van der Waals surface area contributed by atoms with Crippen LogP contribution in [0.15, 0.2) is 4.42 Å². The normalized spacial score (nSPS) is 10.6. The number of unbranched alkanes of at least 4 members (excludes halogenated alkanes) is 1. The molecule has 0 saturated carbocycles. The summed E-state index contributed by atoms with van der Waals surface area (Å²) < 4.78 is 5.37. The molecule has 0 aromatic carbocycles. The first kappa shape index (κ1) is 14.2. The van der Waals surface area contributed by atoms with Crippen molar-refractivity contribution in [3.05, 3.63) is 17.3 Å². The highest BCUT2D eigenvalue weighted by Gasteiger charge is 2.21. The van der Waals surface area contributed by atoms with Crippen molar-refractivity contribution in [2.24, 2.45) is 0 Å². The van der Waals surface area contributed by atoms with Crippen LogP contribution >= 0.6 is 15.9 Å². The number of aryl methyl sites for hydroxylation is 2. The van der Waals surface area contributed by atoms with E-state index in [2.05, 4.69) is 27.8 Å². The molecule has 0 unspecified atom stereocenters. The topological polar surface area (TPSA) is 46.3 Å². The van der Waals surface area contributed by atoms with Crippen molar-refractivity contribution >= 4 is 21.8 Å². The molecule has 4 nitrogen and oxygen atoms in total. The van der Waals surface area contributed by atoms with E-state index < -0.39 is 0 Å². The van der Waals surface area contributed by atoms with E-state index in [-0.39, 0.29) is 5.91 Å². The Balaban J connectivity index is 2.79. The Morgan fingerprint density at radius 1 is 1.41 bits per heavy atom. The maximum atomic E-state index is 12.2. The number of carbonyl (C=O) groups is 1. The average molecular weight is 303 g/mol. The second-order valence-electron chi connectivity index (χ2n) is 3.98. The average Bonchev–Trinajstić information content (AvgIpc) is 2.63. The number of rotatable bonds is 6. The minimum Gasteiger partial charge on any atom is -0.436 e. The molecule has 1 rings (SSSR count). The highest BCUT2D eigenvalue weighted by Crippen LogP contribution is 2.13. The summed E-state index contributed by atoms with van der Waals surface area (Å²) >= 11 is 3.37. The Kier molecular flexibility index (Phi) is 5.68. The van der Waals surface area contributed by atoms with Gasteiger partial charge >= 0.3 is 0 Å². The van der Waals surface area contributed by atoms with E-state index in [4.69, 9.17) is 4.42 Å². The Bertz CT molecular complexity index is 377. The number of carbonyl (C=O) groups excluding carboxylic acids is 1. The quantitative estimate of drug-likeness (QED) is 0.759. The highest BCUT2D eigenvalue weighted by molar-refractivity contribution is 9.09. The molecule has 0 N–H and O–H groups in total. The van der Waals surface area contributed by atoms with Crippen LogP contribution in [0.25, 0.3) is 0 Å². The third-order valence-electron chi connectivity index (χ3n) is 2.52. The van der Waals surface area contributed by atoms with Crippen molar-refractivity contribution in [3.63, 3.8) is 0 Å². The zero-order valence-corrected chi connectivity index (χ0v) is 12.2. The van der Waals surface area contributed by atoms with Gasteiger partial charge in [0.1, 0.15) is 0 Å². The van der Waals surface area contributed by atoms with Crippen molar-refractivity contribution in [3.8, 4) is 0 Å². The minimum atomic E-state index is -0.0593. The van der Waals surface area contributed by atoms with Gasteiger partial charge in [-0.3, -0.25) is 4.79 Å². The predicted molar refractivity (Wildman–Crippen MR) is 70.6 cm³/mol. The fourth-order valence-electron chi connectivity index (χ4n) is 1.64. The van der Waals surface area contributed by atoms with Gasteiger partial charge in [-0.25, -0.2) is 4.98 Å². The fourth-order valence-corrected chi connectivity index (χ4v) is 2.07. The zero-order valence-electron chi connectivity index (χ0n) is 10.6. The summed E-state index contributed by atoms with van der Waals surface area (Å²) in [6.07, 6.45) is 2.07. The van der Waals surface area contributed by atoms with Crippen LogP contribution in [0.3, 0.4) is 0 Å². The van der Waals surface area contributed by atoms with E-state index in [1.165, 1.54) is 0 Å². The molecule has 5 heteroatoms. The van der Waals surface area contributed by atoms with Crippen molar-refractivity contribution < 1.29 is 9.21 Å². The molecule has 0 spiro atoms. The molecule has 1 amide bonds. The summed E-state index contributed by atoms with van der Waals surface area (Å²) in [6, 6.07) is 0. The van der Waals surface area contributed by atoms with Crippen LogP contribution in [0, 0.1) is 13.8 Å². The minimum absolute atomic E-state index is 0.0593. The summed E-state index contributed by atoms with van der Waals surface area (Å²) in [7, 11) is 0. The van der Waals surface area contributed by atoms with Crippen molar-refractivity contribution in [2.75, 3.05) is 18.4 Å². The predicted octanol–water partition coefficient (Wildman–Crippen LogP) is 2.93. The number of alkyl halides is 1. The van der Waals surface area contributed by atoms with E-state index in [1.807, 2.05) is 4.90 Å². The molecule has 0 radical (unpaired) electrons. The maximum absolute atomic E-state index is 12.2. The molecule has 17 heavy (non-hydrogen) atoms. The van der Waals surface area contributed by atoms with Crippen LogP contribution in [0.4, 0.5) is 0 Å². The van der Waals surface area contributed by atoms with E-state index in [1.54, 1.807) is 13.8 Å². The van der Waals surface area contributed by atoms with Gasteiger partial charge in [0.25, 0.3) is 5.91 Å². The van der Waals surface area contributed by atoms with Crippen LogP contribution in [-0.4, -0.2) is 34.2 Å². The van der Waals surface area contributed by atoms with Crippen molar-refractivity contribution in [1.29, 1.82) is 0 Å². The fraction of sp³-hybridized carbons (Fsp3) is 0.667. The van der Waals surface area contributed by atoms with Crippen LogP contribution in [-0.2, 0) is 0 Å². The lowest BCUT2D eigenvalue weighted by Gasteiger charge is -2.20. The molecule has 0 aliphatic heterocycles. The molecule has 0 fully saturated rings. The number of nitrogens with zero attached hydrogens (tertiary/aromatic N) is 2. The first-order valence-electron chi connectivity index (χ1n) is 5.89. The van der Waals surface area contributed by atoms with Crippen LogP contribution < -0.4 is 0 Å². The molecule has 1 aromatic rings. The highest BCUT2D eigenvalue weighted by atomic mass is 79.9. The van der Waals surface area contributed by atoms with Crippen LogP contribution in [0.2, 0.25) is 0 Å². The molecule has 0 saturated heterocycles. The molecule has 1 heterocycles. The Hall–Kier alpha value is -0.840. The molecular formula is C12H19BrN2O2. The SMILES string of the molecule is CCCCN(CCBr)C(=O)c1oc(C)nc1C. The molecule has 1 aromatic heterocycles. The van der Waals surface area contributed by atoms with Gasteiger partial charge in [0, 0.05) is 25.3 Å². The molecular weight excluding hydrogens is 284 g/mol. The summed E-state index contributed by atoms with van der Waals surface area (Å²) in [5.74, 6) is 0.857. The third-order valence-corrected chi connectivity index (χ3v) is 2.88. The third kappa shape index (κ3) is 3.84. The summed E-state index contributed by atoms with van der Waals surface area (Å²) in [5.41, 5.74) is 0.670. The number of aromatic nitrogens is 1. The van der Waals surface area contributed by atoms with Gasteiger partial charge in [-0.1, -0.05) is 29.3 Å². The van der Waals surface area contributed by atoms with Gasteiger partial charge in [-0.15, -0.1) is 0 Å². The number of oxazole rings is 1. The van der Waals surface area contributed by atoms with E-state index in [0.29, 0.717) is 23.9 Å². The Morgan fingerprint density at radius 3 is 2.59 bits per heavy atom. The van der Waals surface area contributed by atoms with Gasteiger partial charge in [-0.05, 0) is 13.3 Å². The number of hydrogen-bond donors (Lipinski definition) is 0. The summed E-state index contributed by atoms with van der Waals surface area (Å²) in [4.78, 5) is 18.2. The van der Waals surface area contributed by atoms with Crippen LogP contribution in [0.5, 0.6) is 0 Å². The van der Waals surface area contributed by atoms with Gasteiger partial charge in [0.05, 0.1) is 5.69 Å². The number of amides is 1. The van der Waals surface area contributed by atoms with Gasteiger partial charge < -0.3 is 9.32 Å². The number of hydrogen-bond acceptors (Lipinski definition) is 3. The van der Waals surface area contributed by atoms with Crippen molar-refractivity contribution in [2.45, 2.75) is 33.6 Å².